The molecule has 0 aromatic heterocycles. The van der Waals surface area contributed by atoms with E-state index in [4.69, 9.17) is 9.47 Å². The van der Waals surface area contributed by atoms with Gasteiger partial charge in [-0.1, -0.05) is 30.3 Å². The summed E-state index contributed by atoms with van der Waals surface area (Å²) < 4.78 is 11.0. The minimum atomic E-state index is -0.394. The summed E-state index contributed by atoms with van der Waals surface area (Å²) in [6.45, 7) is 0.621. The van der Waals surface area contributed by atoms with Gasteiger partial charge in [-0.25, -0.2) is 0 Å². The van der Waals surface area contributed by atoms with Gasteiger partial charge in [0.1, 0.15) is 0 Å². The molecular weight excluding hydrogens is 216 g/mol. The van der Waals surface area contributed by atoms with Crippen molar-refractivity contribution in [1.29, 1.82) is 0 Å². The summed E-state index contributed by atoms with van der Waals surface area (Å²) in [6, 6.07) is 10.1. The summed E-state index contributed by atoms with van der Waals surface area (Å²) in [7, 11) is 1.65. The second kappa shape index (κ2) is 6.15. The van der Waals surface area contributed by atoms with Crippen molar-refractivity contribution in [1.82, 2.24) is 0 Å². The minimum absolute atomic E-state index is 0.0217. The molecule has 1 fully saturated rings. The zero-order valence-corrected chi connectivity index (χ0v) is 10.2. The maximum Gasteiger partial charge on any atom is 0.0832 e. The van der Waals surface area contributed by atoms with Gasteiger partial charge < -0.3 is 14.6 Å². The SMILES string of the molecule is CO[C@H]1CC[C@@H](OCc2ccccc2)C[C@@H]1O. The van der Waals surface area contributed by atoms with Gasteiger partial charge >= 0.3 is 0 Å². The molecule has 0 amide bonds. The Morgan fingerprint density at radius 3 is 2.65 bits per heavy atom. The second-order valence-corrected chi connectivity index (χ2v) is 4.57. The Morgan fingerprint density at radius 1 is 1.24 bits per heavy atom. The van der Waals surface area contributed by atoms with Crippen LogP contribution < -0.4 is 0 Å². The van der Waals surface area contributed by atoms with Crippen molar-refractivity contribution < 1.29 is 14.6 Å². The molecule has 94 valence electrons. The summed E-state index contributed by atoms with van der Waals surface area (Å²) in [4.78, 5) is 0. The molecule has 3 atom stereocenters. The van der Waals surface area contributed by atoms with E-state index in [9.17, 15) is 5.11 Å². The molecule has 0 heterocycles. The molecule has 1 aliphatic carbocycles. The van der Waals surface area contributed by atoms with E-state index in [0.717, 1.165) is 12.8 Å². The highest BCUT2D eigenvalue weighted by Crippen LogP contribution is 2.24. The van der Waals surface area contributed by atoms with E-state index in [0.29, 0.717) is 13.0 Å². The van der Waals surface area contributed by atoms with Crippen LogP contribution in [0.5, 0.6) is 0 Å². The minimum Gasteiger partial charge on any atom is -0.390 e. The molecule has 3 heteroatoms. The van der Waals surface area contributed by atoms with Crippen LogP contribution in [0, 0.1) is 0 Å². The topological polar surface area (TPSA) is 38.7 Å². The lowest BCUT2D eigenvalue weighted by Crippen LogP contribution is -2.38. The lowest BCUT2D eigenvalue weighted by molar-refractivity contribution is -0.0905. The molecule has 17 heavy (non-hydrogen) atoms. The van der Waals surface area contributed by atoms with Crippen LogP contribution >= 0.6 is 0 Å². The van der Waals surface area contributed by atoms with Crippen LogP contribution in [0.3, 0.4) is 0 Å². The number of hydrogen-bond acceptors (Lipinski definition) is 3. The highest BCUT2D eigenvalue weighted by molar-refractivity contribution is 5.13. The molecule has 1 aromatic carbocycles. The normalized spacial score (nSPS) is 29.2. The molecular formula is C14H20O3. The van der Waals surface area contributed by atoms with Crippen LogP contribution in [0.4, 0.5) is 0 Å². The van der Waals surface area contributed by atoms with Crippen LogP contribution in [0.2, 0.25) is 0 Å². The molecule has 1 saturated carbocycles. The largest absolute Gasteiger partial charge is 0.390 e. The number of methoxy groups -OCH3 is 1. The standard InChI is InChI=1S/C14H20O3/c1-16-14-8-7-12(9-13(14)15)17-10-11-5-3-2-4-6-11/h2-6,12-15H,7-10H2,1H3/t12-,13+,14+/m1/s1. The van der Waals surface area contributed by atoms with Gasteiger partial charge in [-0.3, -0.25) is 0 Å². The van der Waals surface area contributed by atoms with Gasteiger partial charge in [-0.05, 0) is 18.4 Å². The van der Waals surface area contributed by atoms with Gasteiger partial charge in [0.15, 0.2) is 0 Å². The van der Waals surface area contributed by atoms with Gasteiger partial charge in [0.25, 0.3) is 0 Å². The van der Waals surface area contributed by atoms with Crippen molar-refractivity contribution in [3.63, 3.8) is 0 Å². The molecule has 0 aliphatic heterocycles. The molecule has 0 saturated heterocycles. The molecule has 0 radical (unpaired) electrons. The van der Waals surface area contributed by atoms with Crippen molar-refractivity contribution >= 4 is 0 Å². The van der Waals surface area contributed by atoms with E-state index < -0.39 is 6.10 Å². The zero-order chi connectivity index (χ0) is 12.1. The maximum absolute atomic E-state index is 9.83. The summed E-state index contributed by atoms with van der Waals surface area (Å²) in [6.07, 6.45) is 2.24. The first-order valence-electron chi connectivity index (χ1n) is 6.16. The Morgan fingerprint density at radius 2 is 2.00 bits per heavy atom. The molecule has 0 bridgehead atoms. The monoisotopic (exact) mass is 236 g/mol. The first-order chi connectivity index (χ1) is 8.29. The number of aliphatic hydroxyl groups is 1. The third-order valence-corrected chi connectivity index (χ3v) is 3.34. The molecule has 1 aromatic rings. The Hall–Kier alpha value is -0.900. The van der Waals surface area contributed by atoms with Gasteiger partial charge in [0.2, 0.25) is 0 Å². The fourth-order valence-electron chi connectivity index (χ4n) is 2.30. The van der Waals surface area contributed by atoms with Crippen LogP contribution in [0.15, 0.2) is 30.3 Å². The van der Waals surface area contributed by atoms with Crippen LogP contribution in [0.1, 0.15) is 24.8 Å². The molecule has 2 rings (SSSR count). The highest BCUT2D eigenvalue weighted by Gasteiger charge is 2.29. The Balaban J connectivity index is 1.78. The highest BCUT2D eigenvalue weighted by atomic mass is 16.5. The first kappa shape index (κ1) is 12.6. The van der Waals surface area contributed by atoms with Gasteiger partial charge in [0.05, 0.1) is 24.9 Å². The average Bonchev–Trinajstić information content (AvgIpc) is 2.38. The summed E-state index contributed by atoms with van der Waals surface area (Å²) >= 11 is 0. The number of hydrogen-bond donors (Lipinski definition) is 1. The van der Waals surface area contributed by atoms with Crippen molar-refractivity contribution in [2.45, 2.75) is 44.2 Å². The molecule has 0 spiro atoms. The van der Waals surface area contributed by atoms with Crippen molar-refractivity contribution in [2.24, 2.45) is 0 Å². The quantitative estimate of drug-likeness (QED) is 0.870. The summed E-state index contributed by atoms with van der Waals surface area (Å²) in [5.41, 5.74) is 1.18. The third-order valence-electron chi connectivity index (χ3n) is 3.34. The second-order valence-electron chi connectivity index (χ2n) is 4.57. The molecule has 1 aliphatic rings. The zero-order valence-electron chi connectivity index (χ0n) is 10.2. The van der Waals surface area contributed by atoms with Crippen molar-refractivity contribution in [3.8, 4) is 0 Å². The Kier molecular flexibility index (Phi) is 4.54. The van der Waals surface area contributed by atoms with E-state index in [1.165, 1.54) is 5.56 Å². The average molecular weight is 236 g/mol. The lowest BCUT2D eigenvalue weighted by atomic mass is 9.92. The van der Waals surface area contributed by atoms with Crippen LogP contribution in [0.25, 0.3) is 0 Å². The molecule has 3 nitrogen and oxygen atoms in total. The number of rotatable bonds is 4. The Bertz CT molecular complexity index is 325. The fourth-order valence-corrected chi connectivity index (χ4v) is 2.30. The molecule has 1 N–H and O–H groups in total. The molecule has 0 unspecified atom stereocenters. The Labute approximate surface area is 102 Å². The smallest absolute Gasteiger partial charge is 0.0832 e. The van der Waals surface area contributed by atoms with E-state index in [1.54, 1.807) is 7.11 Å². The van der Waals surface area contributed by atoms with Crippen molar-refractivity contribution in [2.75, 3.05) is 7.11 Å². The van der Waals surface area contributed by atoms with Gasteiger partial charge in [-0.2, -0.15) is 0 Å². The van der Waals surface area contributed by atoms with Crippen molar-refractivity contribution in [3.05, 3.63) is 35.9 Å². The first-order valence-corrected chi connectivity index (χ1v) is 6.16. The number of ether oxygens (including phenoxy) is 2. The van der Waals surface area contributed by atoms with Crippen LogP contribution in [-0.2, 0) is 16.1 Å². The summed E-state index contributed by atoms with van der Waals surface area (Å²) in [5, 5.41) is 9.83. The van der Waals surface area contributed by atoms with E-state index in [2.05, 4.69) is 12.1 Å². The predicted molar refractivity (Wildman–Crippen MR) is 65.7 cm³/mol. The fraction of sp³-hybridized carbons (Fsp3) is 0.571. The van der Waals surface area contributed by atoms with E-state index >= 15 is 0 Å². The van der Waals surface area contributed by atoms with Gasteiger partial charge in [0, 0.05) is 13.5 Å². The number of benzene rings is 1. The van der Waals surface area contributed by atoms with Gasteiger partial charge in [-0.15, -0.1) is 0 Å². The van der Waals surface area contributed by atoms with E-state index in [-0.39, 0.29) is 12.2 Å². The predicted octanol–water partition coefficient (Wildman–Crippen LogP) is 2.13. The lowest BCUT2D eigenvalue weighted by Gasteiger charge is -2.32. The third kappa shape index (κ3) is 3.53. The van der Waals surface area contributed by atoms with E-state index in [1.807, 2.05) is 18.2 Å². The van der Waals surface area contributed by atoms with Crippen LogP contribution in [-0.4, -0.2) is 30.5 Å². The summed E-state index contributed by atoms with van der Waals surface area (Å²) in [5.74, 6) is 0. The number of aliphatic hydroxyl groups excluding tert-OH is 1. The maximum atomic E-state index is 9.83.